The number of pyridine rings is 1. The summed E-state index contributed by atoms with van der Waals surface area (Å²) >= 11 is 0. The van der Waals surface area contributed by atoms with Crippen LogP contribution in [0.25, 0.3) is 33.3 Å². The Morgan fingerprint density at radius 3 is 3.00 bits per heavy atom. The van der Waals surface area contributed by atoms with Gasteiger partial charge in [0.25, 0.3) is 0 Å². The Balaban J connectivity index is 1.96. The van der Waals surface area contributed by atoms with E-state index in [1.54, 1.807) is 18.5 Å². The van der Waals surface area contributed by atoms with Gasteiger partial charge in [0, 0.05) is 28.7 Å². The topological polar surface area (TPSA) is 96.7 Å². The number of H-pyrrole nitrogens is 1. The molecule has 0 aliphatic carbocycles. The molecule has 4 rings (SSSR count). The van der Waals surface area contributed by atoms with Gasteiger partial charge >= 0.3 is 5.97 Å². The molecule has 0 fully saturated rings. The summed E-state index contributed by atoms with van der Waals surface area (Å²) in [5.41, 5.74) is 2.35. The van der Waals surface area contributed by atoms with Crippen molar-refractivity contribution >= 4 is 28.0 Å². The van der Waals surface area contributed by atoms with Crippen molar-refractivity contribution in [2.24, 2.45) is 0 Å². The average Bonchev–Trinajstić information content (AvgIpc) is 3.11. The number of nitrogens with one attached hydrogen (secondary N) is 1. The number of carboxylic acids is 1. The second kappa shape index (κ2) is 4.87. The fourth-order valence-electron chi connectivity index (χ4n) is 2.67. The number of aliphatic carboxylic acids is 1. The molecule has 0 spiro atoms. The van der Waals surface area contributed by atoms with Gasteiger partial charge in [0.2, 0.25) is 0 Å². The third-order valence-electron chi connectivity index (χ3n) is 3.61. The van der Waals surface area contributed by atoms with Gasteiger partial charge < -0.3 is 14.7 Å². The number of carbonyl (C=O) groups is 1. The summed E-state index contributed by atoms with van der Waals surface area (Å²) in [6, 6.07) is 3.13. The average molecular weight is 311 g/mol. The van der Waals surface area contributed by atoms with E-state index in [0.717, 1.165) is 6.20 Å². The molecule has 23 heavy (non-hydrogen) atoms. The number of carboxylic acid groups (broad SMARTS) is 1. The van der Waals surface area contributed by atoms with Crippen LogP contribution < -0.4 is 0 Å². The van der Waals surface area contributed by atoms with Crippen LogP contribution in [-0.4, -0.2) is 35.6 Å². The molecule has 0 aliphatic rings. The van der Waals surface area contributed by atoms with Gasteiger partial charge in [-0.1, -0.05) is 0 Å². The minimum absolute atomic E-state index is 0.190. The molecule has 0 atom stereocenters. The molecular formula is C15H10FN5O2. The first-order valence-electron chi connectivity index (χ1n) is 6.78. The highest BCUT2D eigenvalue weighted by molar-refractivity contribution is 6.01. The van der Waals surface area contributed by atoms with Crippen LogP contribution in [0.1, 0.15) is 0 Å². The zero-order chi connectivity index (χ0) is 16.0. The van der Waals surface area contributed by atoms with Crippen molar-refractivity contribution in [1.29, 1.82) is 0 Å². The largest absolute Gasteiger partial charge is 0.480 e. The van der Waals surface area contributed by atoms with Crippen LogP contribution in [0.2, 0.25) is 0 Å². The summed E-state index contributed by atoms with van der Waals surface area (Å²) in [6.07, 6.45) is 5.85. The Morgan fingerprint density at radius 1 is 1.30 bits per heavy atom. The molecule has 0 amide bonds. The Kier molecular flexibility index (Phi) is 2.83. The zero-order valence-electron chi connectivity index (χ0n) is 11.7. The maximum absolute atomic E-state index is 13.5. The van der Waals surface area contributed by atoms with Crippen LogP contribution in [0.4, 0.5) is 4.39 Å². The number of hydrogen-bond acceptors (Lipinski definition) is 4. The summed E-state index contributed by atoms with van der Waals surface area (Å²) in [4.78, 5) is 26.3. The van der Waals surface area contributed by atoms with Crippen molar-refractivity contribution < 1.29 is 14.3 Å². The molecule has 7 nitrogen and oxygen atoms in total. The Labute approximate surface area is 128 Å². The van der Waals surface area contributed by atoms with E-state index in [1.807, 2.05) is 0 Å². The molecule has 4 heterocycles. The third-order valence-corrected chi connectivity index (χ3v) is 3.61. The first-order chi connectivity index (χ1) is 11.1. The highest BCUT2D eigenvalue weighted by Crippen LogP contribution is 2.31. The van der Waals surface area contributed by atoms with Gasteiger partial charge in [-0.2, -0.15) is 0 Å². The van der Waals surface area contributed by atoms with E-state index in [1.165, 1.54) is 17.0 Å². The van der Waals surface area contributed by atoms with Gasteiger partial charge in [0.05, 0.1) is 11.9 Å². The molecule has 4 aromatic heterocycles. The molecular weight excluding hydrogens is 301 g/mol. The predicted molar refractivity (Wildman–Crippen MR) is 80.2 cm³/mol. The quantitative estimate of drug-likeness (QED) is 0.604. The van der Waals surface area contributed by atoms with Gasteiger partial charge in [0.15, 0.2) is 0 Å². The number of aromatic amines is 1. The lowest BCUT2D eigenvalue weighted by molar-refractivity contribution is -0.137. The summed E-state index contributed by atoms with van der Waals surface area (Å²) in [5, 5.41) is 10.3. The van der Waals surface area contributed by atoms with Gasteiger partial charge in [-0.3, -0.25) is 4.79 Å². The van der Waals surface area contributed by atoms with E-state index in [-0.39, 0.29) is 6.54 Å². The van der Waals surface area contributed by atoms with Gasteiger partial charge in [-0.05, 0) is 12.1 Å². The molecule has 2 N–H and O–H groups in total. The van der Waals surface area contributed by atoms with Crippen LogP contribution in [0.3, 0.4) is 0 Å². The Morgan fingerprint density at radius 2 is 2.17 bits per heavy atom. The van der Waals surface area contributed by atoms with Crippen molar-refractivity contribution in [3.05, 3.63) is 42.9 Å². The van der Waals surface area contributed by atoms with Crippen LogP contribution >= 0.6 is 0 Å². The molecule has 0 bridgehead atoms. The number of halogens is 1. The van der Waals surface area contributed by atoms with Crippen molar-refractivity contribution in [3.63, 3.8) is 0 Å². The normalized spacial score (nSPS) is 11.3. The fourth-order valence-corrected chi connectivity index (χ4v) is 2.67. The molecule has 0 radical (unpaired) electrons. The van der Waals surface area contributed by atoms with E-state index in [9.17, 15) is 9.18 Å². The lowest BCUT2D eigenvalue weighted by Crippen LogP contribution is -2.08. The number of rotatable bonds is 3. The fraction of sp³-hybridized carbons (Fsp3) is 0.0667. The van der Waals surface area contributed by atoms with E-state index in [4.69, 9.17) is 5.11 Å². The standard InChI is InChI=1S/C15H10FN5O2/c16-8-3-10-11(5-18-14(10)17-4-8)13-9-1-2-21(6-12(22)23)15(9)20-7-19-13/h1-5,7H,6H2,(H,17,18)(H,22,23). The minimum atomic E-state index is -0.957. The first-order valence-corrected chi connectivity index (χ1v) is 6.78. The third kappa shape index (κ3) is 2.11. The second-order valence-corrected chi connectivity index (χ2v) is 5.05. The smallest absolute Gasteiger partial charge is 0.323 e. The number of aromatic nitrogens is 5. The number of nitrogens with zero attached hydrogens (tertiary/aromatic N) is 4. The molecule has 8 heteroatoms. The highest BCUT2D eigenvalue weighted by atomic mass is 19.1. The van der Waals surface area contributed by atoms with E-state index >= 15 is 0 Å². The van der Waals surface area contributed by atoms with Crippen LogP contribution in [0, 0.1) is 5.82 Å². The summed E-state index contributed by atoms with van der Waals surface area (Å²) in [5.74, 6) is -1.40. The highest BCUT2D eigenvalue weighted by Gasteiger charge is 2.15. The van der Waals surface area contributed by atoms with Crippen LogP contribution in [0.5, 0.6) is 0 Å². The number of hydrogen-bond donors (Lipinski definition) is 2. The van der Waals surface area contributed by atoms with E-state index in [0.29, 0.717) is 33.3 Å². The monoisotopic (exact) mass is 311 g/mol. The summed E-state index contributed by atoms with van der Waals surface area (Å²) in [6.45, 7) is -0.190. The minimum Gasteiger partial charge on any atom is -0.480 e. The lowest BCUT2D eigenvalue weighted by Gasteiger charge is -2.03. The molecule has 0 aliphatic heterocycles. The van der Waals surface area contributed by atoms with Gasteiger partial charge in [-0.15, -0.1) is 0 Å². The van der Waals surface area contributed by atoms with Crippen LogP contribution in [0.15, 0.2) is 37.1 Å². The van der Waals surface area contributed by atoms with Crippen molar-refractivity contribution in [1.82, 2.24) is 24.5 Å². The SMILES string of the molecule is O=C(O)Cn1ccc2c(-c3c[nH]c4ncc(F)cc34)ncnc21. The maximum atomic E-state index is 13.5. The van der Waals surface area contributed by atoms with Crippen LogP contribution in [-0.2, 0) is 11.3 Å². The Hall–Kier alpha value is -3.29. The molecule has 0 saturated carbocycles. The maximum Gasteiger partial charge on any atom is 0.323 e. The van der Waals surface area contributed by atoms with Gasteiger partial charge in [-0.25, -0.2) is 19.3 Å². The van der Waals surface area contributed by atoms with Crippen molar-refractivity contribution in [2.75, 3.05) is 0 Å². The van der Waals surface area contributed by atoms with E-state index < -0.39 is 11.8 Å². The molecule has 4 aromatic rings. The first kappa shape index (κ1) is 13.4. The molecule has 0 aromatic carbocycles. The summed E-state index contributed by atoms with van der Waals surface area (Å²) < 4.78 is 15.0. The van der Waals surface area contributed by atoms with Crippen molar-refractivity contribution in [3.8, 4) is 11.3 Å². The van der Waals surface area contributed by atoms with E-state index in [2.05, 4.69) is 19.9 Å². The van der Waals surface area contributed by atoms with Gasteiger partial charge in [0.1, 0.15) is 30.0 Å². The zero-order valence-corrected chi connectivity index (χ0v) is 11.7. The predicted octanol–water partition coefficient (Wildman–Crippen LogP) is 2.20. The Bertz CT molecular complexity index is 1050. The molecule has 0 unspecified atom stereocenters. The second-order valence-electron chi connectivity index (χ2n) is 5.05. The lowest BCUT2D eigenvalue weighted by atomic mass is 10.1. The number of fused-ring (bicyclic) bond motifs is 2. The molecule has 0 saturated heterocycles. The van der Waals surface area contributed by atoms with Crippen molar-refractivity contribution in [2.45, 2.75) is 6.54 Å². The molecule has 114 valence electrons. The summed E-state index contributed by atoms with van der Waals surface area (Å²) in [7, 11) is 0.